The predicted molar refractivity (Wildman–Crippen MR) is 40.6 cm³/mol. The minimum atomic E-state index is -0.413. The topological polar surface area (TPSA) is 68.9 Å². The molecule has 2 aromatic heterocycles. The van der Waals surface area contributed by atoms with E-state index in [1.54, 1.807) is 6.92 Å². The van der Waals surface area contributed by atoms with Crippen LogP contribution in [0.15, 0.2) is 21.8 Å². The Bertz CT molecular complexity index is 477. The minimum Gasteiger partial charge on any atom is -0.425 e. The van der Waals surface area contributed by atoms with Crippen LogP contribution in [-0.4, -0.2) is 15.0 Å². The van der Waals surface area contributed by atoms with Crippen molar-refractivity contribution in [3.05, 3.63) is 28.6 Å². The van der Waals surface area contributed by atoms with Crippen molar-refractivity contribution in [1.29, 1.82) is 0 Å². The van der Waals surface area contributed by atoms with Crippen LogP contribution >= 0.6 is 0 Å². The summed E-state index contributed by atoms with van der Waals surface area (Å²) in [5, 5.41) is 0. The molecule has 2 aromatic rings. The van der Waals surface area contributed by atoms with Crippen molar-refractivity contribution in [2.45, 2.75) is 6.92 Å². The molecule has 0 aromatic carbocycles. The Labute approximate surface area is 67.1 Å². The van der Waals surface area contributed by atoms with Crippen LogP contribution in [0.2, 0.25) is 0 Å². The maximum atomic E-state index is 11.0. The van der Waals surface area contributed by atoms with Crippen molar-refractivity contribution in [2.75, 3.05) is 0 Å². The monoisotopic (exact) mass is 163 g/mol. The van der Waals surface area contributed by atoms with Crippen molar-refractivity contribution >= 4 is 11.2 Å². The van der Waals surface area contributed by atoms with E-state index in [-0.39, 0.29) is 11.2 Å². The van der Waals surface area contributed by atoms with Crippen LogP contribution in [0.1, 0.15) is 5.69 Å². The molecule has 0 aliphatic heterocycles. The number of aromatic nitrogens is 3. The van der Waals surface area contributed by atoms with E-state index in [9.17, 15) is 4.79 Å². The molecule has 0 unspecified atom stereocenters. The van der Waals surface area contributed by atoms with Gasteiger partial charge in [-0.3, -0.25) is 4.79 Å². The van der Waals surface area contributed by atoms with Gasteiger partial charge in [0.15, 0.2) is 11.9 Å². The zero-order valence-corrected chi connectivity index (χ0v) is 6.31. The summed E-state index contributed by atoms with van der Waals surface area (Å²) >= 11 is 0. The number of hydrogen-bond donors (Lipinski definition) is 0. The summed E-state index contributed by atoms with van der Waals surface area (Å²) in [4.78, 5) is 22.2. The van der Waals surface area contributed by atoms with Gasteiger partial charge >= 0.3 is 5.56 Å². The maximum Gasteiger partial charge on any atom is 0.303 e. The average Bonchev–Trinajstić information content (AvgIpc) is 2.04. The number of nitrogens with zero attached hydrogens (tertiary/aromatic N) is 3. The van der Waals surface area contributed by atoms with Crippen LogP contribution in [0, 0.1) is 6.92 Å². The summed E-state index contributed by atoms with van der Waals surface area (Å²) in [6, 6.07) is 0. The standard InChI is InChI=1S/C7H5N3O2/c1-4-2-8-5-6(11)9-3-12-7(5)10-4/h2-3H,1H3. The Morgan fingerprint density at radius 2 is 2.25 bits per heavy atom. The molecule has 0 atom stereocenters. The third kappa shape index (κ3) is 0.952. The van der Waals surface area contributed by atoms with Crippen molar-refractivity contribution in [1.82, 2.24) is 15.0 Å². The third-order valence-electron chi connectivity index (χ3n) is 1.40. The summed E-state index contributed by atoms with van der Waals surface area (Å²) in [6.07, 6.45) is 2.57. The van der Waals surface area contributed by atoms with Crippen molar-refractivity contribution in [3.63, 3.8) is 0 Å². The van der Waals surface area contributed by atoms with Gasteiger partial charge in [-0.15, -0.1) is 0 Å². The van der Waals surface area contributed by atoms with E-state index in [0.717, 1.165) is 6.39 Å². The lowest BCUT2D eigenvalue weighted by Crippen LogP contribution is -2.07. The molecule has 0 saturated carbocycles. The van der Waals surface area contributed by atoms with Crippen LogP contribution in [-0.2, 0) is 0 Å². The first-order valence-electron chi connectivity index (χ1n) is 3.34. The fraction of sp³-hybridized carbons (Fsp3) is 0.143. The molecular formula is C7H5N3O2. The second-order valence-corrected chi connectivity index (χ2v) is 2.32. The van der Waals surface area contributed by atoms with Crippen LogP contribution in [0.25, 0.3) is 11.2 Å². The zero-order chi connectivity index (χ0) is 8.55. The Morgan fingerprint density at radius 1 is 1.42 bits per heavy atom. The molecule has 2 heterocycles. The number of hydrogen-bond acceptors (Lipinski definition) is 5. The summed E-state index contributed by atoms with van der Waals surface area (Å²) in [7, 11) is 0. The summed E-state index contributed by atoms with van der Waals surface area (Å²) in [6.45, 7) is 1.77. The first-order valence-corrected chi connectivity index (χ1v) is 3.34. The molecule has 0 aliphatic carbocycles. The van der Waals surface area contributed by atoms with E-state index in [0.29, 0.717) is 5.69 Å². The maximum absolute atomic E-state index is 11.0. The molecule has 5 nitrogen and oxygen atoms in total. The lowest BCUT2D eigenvalue weighted by Gasteiger charge is -1.92. The summed E-state index contributed by atoms with van der Waals surface area (Å²) < 4.78 is 4.89. The van der Waals surface area contributed by atoms with E-state index in [1.165, 1.54) is 6.20 Å². The smallest absolute Gasteiger partial charge is 0.303 e. The largest absolute Gasteiger partial charge is 0.425 e. The molecule has 2 rings (SSSR count). The van der Waals surface area contributed by atoms with Gasteiger partial charge in [0, 0.05) is 6.20 Å². The van der Waals surface area contributed by atoms with Gasteiger partial charge in [0.05, 0.1) is 5.69 Å². The van der Waals surface area contributed by atoms with Crippen LogP contribution < -0.4 is 5.56 Å². The van der Waals surface area contributed by atoms with Gasteiger partial charge in [0.1, 0.15) is 0 Å². The highest BCUT2D eigenvalue weighted by molar-refractivity contribution is 5.64. The Kier molecular flexibility index (Phi) is 1.36. The van der Waals surface area contributed by atoms with Gasteiger partial charge in [-0.05, 0) is 6.92 Å². The first-order chi connectivity index (χ1) is 5.77. The SMILES string of the molecule is Cc1cnc2c(=O)ncoc2n1. The predicted octanol–water partition coefficient (Wildman–Crippen LogP) is 0.286. The highest BCUT2D eigenvalue weighted by Gasteiger charge is 2.02. The molecule has 0 aliphatic rings. The molecule has 5 heteroatoms. The number of aryl methyl sites for hydroxylation is 1. The van der Waals surface area contributed by atoms with Gasteiger partial charge in [0.25, 0.3) is 5.71 Å². The van der Waals surface area contributed by atoms with Crippen molar-refractivity contribution in [3.8, 4) is 0 Å². The van der Waals surface area contributed by atoms with Gasteiger partial charge in [-0.1, -0.05) is 0 Å². The van der Waals surface area contributed by atoms with Crippen molar-refractivity contribution in [2.24, 2.45) is 0 Å². The van der Waals surface area contributed by atoms with E-state index >= 15 is 0 Å². The second kappa shape index (κ2) is 2.37. The lowest BCUT2D eigenvalue weighted by molar-refractivity contribution is 0.561. The molecular weight excluding hydrogens is 158 g/mol. The minimum absolute atomic E-state index is 0.170. The number of fused-ring (bicyclic) bond motifs is 1. The van der Waals surface area contributed by atoms with E-state index in [1.807, 2.05) is 0 Å². The normalized spacial score (nSPS) is 10.4. The number of rotatable bonds is 0. The van der Waals surface area contributed by atoms with Gasteiger partial charge < -0.3 is 4.42 Å². The van der Waals surface area contributed by atoms with Crippen LogP contribution in [0.5, 0.6) is 0 Å². The molecule has 12 heavy (non-hydrogen) atoms. The quantitative estimate of drug-likeness (QED) is 0.558. The molecule has 0 bridgehead atoms. The van der Waals surface area contributed by atoms with Crippen LogP contribution in [0.3, 0.4) is 0 Å². The Hall–Kier alpha value is -1.78. The van der Waals surface area contributed by atoms with E-state index in [4.69, 9.17) is 4.42 Å². The fourth-order valence-corrected chi connectivity index (χ4v) is 0.869. The van der Waals surface area contributed by atoms with E-state index < -0.39 is 5.56 Å². The highest BCUT2D eigenvalue weighted by Crippen LogP contribution is 2.01. The molecule has 0 saturated heterocycles. The Morgan fingerprint density at radius 3 is 3.08 bits per heavy atom. The average molecular weight is 163 g/mol. The van der Waals surface area contributed by atoms with Crippen molar-refractivity contribution < 1.29 is 4.42 Å². The first kappa shape index (κ1) is 6.90. The fourth-order valence-electron chi connectivity index (χ4n) is 0.869. The van der Waals surface area contributed by atoms with Gasteiger partial charge in [-0.2, -0.15) is 4.98 Å². The Balaban J connectivity index is 2.96. The summed E-state index contributed by atoms with van der Waals surface area (Å²) in [5.41, 5.74) is 0.693. The molecule has 0 fully saturated rings. The lowest BCUT2D eigenvalue weighted by atomic mass is 10.5. The molecule has 0 spiro atoms. The van der Waals surface area contributed by atoms with E-state index in [2.05, 4.69) is 15.0 Å². The van der Waals surface area contributed by atoms with Crippen LogP contribution in [0.4, 0.5) is 0 Å². The third-order valence-corrected chi connectivity index (χ3v) is 1.40. The summed E-state index contributed by atoms with van der Waals surface area (Å²) in [5.74, 6) is 0. The molecule has 0 N–H and O–H groups in total. The molecule has 0 amide bonds. The molecule has 0 radical (unpaired) electrons. The zero-order valence-electron chi connectivity index (χ0n) is 6.31. The highest BCUT2D eigenvalue weighted by atomic mass is 16.3. The van der Waals surface area contributed by atoms with Gasteiger partial charge in [0.2, 0.25) is 0 Å². The second-order valence-electron chi connectivity index (χ2n) is 2.32. The molecule has 60 valence electrons. The van der Waals surface area contributed by atoms with Gasteiger partial charge in [-0.25, -0.2) is 9.97 Å².